The Labute approximate surface area is 151 Å². The van der Waals surface area contributed by atoms with E-state index in [1.807, 2.05) is 13.8 Å². The first kappa shape index (κ1) is 18.4. The number of carbonyl (C=O) groups excluding carboxylic acids is 1. The number of hydrogen-bond donors (Lipinski definition) is 3. The van der Waals surface area contributed by atoms with E-state index in [2.05, 4.69) is 10.6 Å². The number of carbonyl (C=O) groups is 1. The predicted octanol–water partition coefficient (Wildman–Crippen LogP) is 3.95. The number of furan rings is 1. The smallest absolute Gasteiger partial charge is 0.226 e. The van der Waals surface area contributed by atoms with Gasteiger partial charge in [-0.2, -0.15) is 0 Å². The molecular weight excluding hydrogens is 348 g/mol. The van der Waals surface area contributed by atoms with Crippen LogP contribution in [0.4, 0.5) is 5.69 Å². The second-order valence-electron chi connectivity index (χ2n) is 5.72. The number of thiocarbonyl (C=S) groups is 1. The van der Waals surface area contributed by atoms with E-state index in [4.69, 9.17) is 33.3 Å². The van der Waals surface area contributed by atoms with Crippen LogP contribution >= 0.6 is 23.8 Å². The molecule has 0 saturated heterocycles. The van der Waals surface area contributed by atoms with E-state index in [0.717, 1.165) is 0 Å². The molecule has 1 aromatic carbocycles. The minimum absolute atomic E-state index is 0.127. The maximum atomic E-state index is 11.7. The van der Waals surface area contributed by atoms with Gasteiger partial charge in [0.25, 0.3) is 0 Å². The van der Waals surface area contributed by atoms with Crippen molar-refractivity contribution in [1.29, 1.82) is 0 Å². The van der Waals surface area contributed by atoms with E-state index < -0.39 is 0 Å². The lowest BCUT2D eigenvalue weighted by Crippen LogP contribution is -2.34. The van der Waals surface area contributed by atoms with Crippen molar-refractivity contribution in [3.8, 4) is 11.3 Å². The topological polar surface area (TPSA) is 74.5 Å². The van der Waals surface area contributed by atoms with Crippen LogP contribution in [0.15, 0.2) is 34.7 Å². The number of aliphatic hydroxyl groups excluding tert-OH is 1. The summed E-state index contributed by atoms with van der Waals surface area (Å²) in [6.07, 6.45) is 0.410. The first-order valence-electron chi connectivity index (χ1n) is 7.49. The molecule has 128 valence electrons. The number of benzene rings is 1. The molecule has 7 heteroatoms. The number of anilines is 1. The standard InChI is InChI=1S/C17H19ClN2O3S/c1-10(2)7-16(22)20-17(24)19-11-3-5-13(14(18)8-11)15-6-4-12(9-21)23-15/h3-6,8,10,21H,7,9H2,1-2H3,(H2,19,20,22,24). The molecule has 0 aliphatic rings. The Kier molecular flexibility index (Phi) is 6.36. The fourth-order valence-corrected chi connectivity index (χ4v) is 2.62. The molecule has 1 heterocycles. The highest BCUT2D eigenvalue weighted by atomic mass is 35.5. The van der Waals surface area contributed by atoms with Gasteiger partial charge in [0, 0.05) is 17.7 Å². The zero-order chi connectivity index (χ0) is 17.7. The molecule has 2 aromatic rings. The molecule has 3 N–H and O–H groups in total. The van der Waals surface area contributed by atoms with Gasteiger partial charge in [-0.3, -0.25) is 4.79 Å². The molecule has 0 fully saturated rings. The third-order valence-corrected chi connectivity index (χ3v) is 3.67. The molecule has 0 spiro atoms. The Hall–Kier alpha value is -1.89. The first-order chi connectivity index (χ1) is 11.4. The van der Waals surface area contributed by atoms with Crippen LogP contribution in [0, 0.1) is 5.92 Å². The zero-order valence-electron chi connectivity index (χ0n) is 13.4. The monoisotopic (exact) mass is 366 g/mol. The normalized spacial score (nSPS) is 10.7. The van der Waals surface area contributed by atoms with Crippen LogP contribution in [0.25, 0.3) is 11.3 Å². The summed E-state index contributed by atoms with van der Waals surface area (Å²) in [6.45, 7) is 3.76. The maximum Gasteiger partial charge on any atom is 0.226 e. The Morgan fingerprint density at radius 3 is 2.67 bits per heavy atom. The average molecular weight is 367 g/mol. The Morgan fingerprint density at radius 2 is 2.08 bits per heavy atom. The molecule has 24 heavy (non-hydrogen) atoms. The van der Waals surface area contributed by atoms with Crippen LogP contribution in [0.2, 0.25) is 5.02 Å². The predicted molar refractivity (Wildman–Crippen MR) is 98.9 cm³/mol. The Balaban J connectivity index is 2.04. The van der Waals surface area contributed by atoms with Gasteiger partial charge >= 0.3 is 0 Å². The van der Waals surface area contributed by atoms with E-state index in [-0.39, 0.29) is 23.5 Å². The lowest BCUT2D eigenvalue weighted by atomic mass is 10.1. The lowest BCUT2D eigenvalue weighted by Gasteiger charge is -2.11. The molecule has 5 nitrogen and oxygen atoms in total. The fraction of sp³-hybridized carbons (Fsp3) is 0.294. The molecule has 1 aromatic heterocycles. The van der Waals surface area contributed by atoms with Crippen molar-refractivity contribution < 1.29 is 14.3 Å². The summed E-state index contributed by atoms with van der Waals surface area (Å²) in [5, 5.41) is 15.3. The number of nitrogens with one attached hydrogen (secondary N) is 2. The van der Waals surface area contributed by atoms with Gasteiger partial charge in [0.05, 0.1) is 5.02 Å². The van der Waals surface area contributed by atoms with E-state index in [1.54, 1.807) is 30.3 Å². The van der Waals surface area contributed by atoms with Gasteiger partial charge in [0.2, 0.25) is 5.91 Å². The van der Waals surface area contributed by atoms with Crippen LogP contribution in [-0.4, -0.2) is 16.1 Å². The zero-order valence-corrected chi connectivity index (χ0v) is 15.0. The first-order valence-corrected chi connectivity index (χ1v) is 8.28. The second kappa shape index (κ2) is 8.28. The quantitative estimate of drug-likeness (QED) is 0.698. The summed E-state index contributed by atoms with van der Waals surface area (Å²) < 4.78 is 5.47. The summed E-state index contributed by atoms with van der Waals surface area (Å²) in [5.74, 6) is 1.18. The Morgan fingerprint density at radius 1 is 1.33 bits per heavy atom. The molecule has 0 aliphatic carbocycles. The SMILES string of the molecule is CC(C)CC(=O)NC(=S)Nc1ccc(-c2ccc(CO)o2)c(Cl)c1. The lowest BCUT2D eigenvalue weighted by molar-refractivity contribution is -0.120. The van der Waals surface area contributed by atoms with Crippen molar-refractivity contribution in [2.24, 2.45) is 5.92 Å². The molecular formula is C17H19ClN2O3S. The van der Waals surface area contributed by atoms with E-state index in [0.29, 0.717) is 34.2 Å². The van der Waals surface area contributed by atoms with Crippen molar-refractivity contribution in [1.82, 2.24) is 5.32 Å². The van der Waals surface area contributed by atoms with E-state index >= 15 is 0 Å². The molecule has 0 saturated carbocycles. The minimum Gasteiger partial charge on any atom is -0.459 e. The van der Waals surface area contributed by atoms with E-state index in [1.165, 1.54) is 0 Å². The highest BCUT2D eigenvalue weighted by Crippen LogP contribution is 2.31. The van der Waals surface area contributed by atoms with Crippen LogP contribution in [0.3, 0.4) is 0 Å². The summed E-state index contributed by atoms with van der Waals surface area (Å²) in [4.78, 5) is 11.7. The van der Waals surface area contributed by atoms with Gasteiger partial charge in [0.1, 0.15) is 18.1 Å². The van der Waals surface area contributed by atoms with Crippen molar-refractivity contribution >= 4 is 40.5 Å². The van der Waals surface area contributed by atoms with Gasteiger partial charge < -0.3 is 20.2 Å². The highest BCUT2D eigenvalue weighted by Gasteiger charge is 2.11. The number of rotatable bonds is 5. The maximum absolute atomic E-state index is 11.7. The van der Waals surface area contributed by atoms with Gasteiger partial charge in [-0.25, -0.2) is 0 Å². The summed E-state index contributed by atoms with van der Waals surface area (Å²) in [5.41, 5.74) is 1.37. The van der Waals surface area contributed by atoms with Crippen LogP contribution in [0.1, 0.15) is 26.0 Å². The van der Waals surface area contributed by atoms with E-state index in [9.17, 15) is 4.79 Å². The number of amides is 1. The molecule has 0 atom stereocenters. The third kappa shape index (κ3) is 5.06. The molecule has 0 unspecified atom stereocenters. The number of halogens is 1. The number of hydrogen-bond acceptors (Lipinski definition) is 4. The minimum atomic E-state index is -0.165. The highest BCUT2D eigenvalue weighted by molar-refractivity contribution is 7.80. The molecule has 2 rings (SSSR count). The van der Waals surface area contributed by atoms with Gasteiger partial charge in [-0.1, -0.05) is 25.4 Å². The molecule has 0 aliphatic heterocycles. The van der Waals surface area contributed by atoms with Crippen molar-refractivity contribution in [2.75, 3.05) is 5.32 Å². The largest absolute Gasteiger partial charge is 0.459 e. The summed E-state index contributed by atoms with van der Waals surface area (Å²) >= 11 is 11.4. The third-order valence-electron chi connectivity index (χ3n) is 3.16. The van der Waals surface area contributed by atoms with Crippen LogP contribution < -0.4 is 10.6 Å². The molecule has 1 amide bonds. The molecule has 0 radical (unpaired) electrons. The number of aliphatic hydroxyl groups is 1. The summed E-state index contributed by atoms with van der Waals surface area (Å²) in [7, 11) is 0. The summed E-state index contributed by atoms with van der Waals surface area (Å²) in [6, 6.07) is 8.69. The van der Waals surface area contributed by atoms with Crippen LogP contribution in [0.5, 0.6) is 0 Å². The average Bonchev–Trinajstić information content (AvgIpc) is 2.94. The van der Waals surface area contributed by atoms with Crippen molar-refractivity contribution in [2.45, 2.75) is 26.9 Å². The fourth-order valence-electron chi connectivity index (χ4n) is 2.11. The van der Waals surface area contributed by atoms with Gasteiger partial charge in [0.15, 0.2) is 5.11 Å². The van der Waals surface area contributed by atoms with Crippen LogP contribution in [-0.2, 0) is 11.4 Å². The van der Waals surface area contributed by atoms with Crippen molar-refractivity contribution in [3.63, 3.8) is 0 Å². The second-order valence-corrected chi connectivity index (χ2v) is 6.53. The van der Waals surface area contributed by atoms with Gasteiger partial charge in [-0.15, -0.1) is 0 Å². The van der Waals surface area contributed by atoms with Gasteiger partial charge in [-0.05, 0) is 48.5 Å². The molecule has 0 bridgehead atoms. The Bertz CT molecular complexity index is 743. The van der Waals surface area contributed by atoms with Crippen molar-refractivity contribution in [3.05, 3.63) is 41.1 Å².